The predicted molar refractivity (Wildman–Crippen MR) is 75.9 cm³/mol. The average molecular weight is 263 g/mol. The standard InChI is InChI=1S/C14H17NS2/c1-10-5-6-11(17-10)9-15-13-3-2-4-14-12(13)7-8-16-14/h5-8,13,15H,2-4,9H2,1H3. The van der Waals surface area contributed by atoms with Crippen molar-refractivity contribution in [3.05, 3.63) is 43.8 Å². The van der Waals surface area contributed by atoms with Crippen LogP contribution in [0.4, 0.5) is 0 Å². The molecule has 17 heavy (non-hydrogen) atoms. The fourth-order valence-corrected chi connectivity index (χ4v) is 4.33. The van der Waals surface area contributed by atoms with E-state index in [-0.39, 0.29) is 0 Å². The third kappa shape index (κ3) is 2.46. The summed E-state index contributed by atoms with van der Waals surface area (Å²) in [6, 6.07) is 7.33. The Morgan fingerprint density at radius 3 is 3.12 bits per heavy atom. The van der Waals surface area contributed by atoms with Crippen LogP contribution in [0.3, 0.4) is 0 Å². The molecule has 0 fully saturated rings. The third-order valence-electron chi connectivity index (χ3n) is 3.37. The molecule has 0 spiro atoms. The summed E-state index contributed by atoms with van der Waals surface area (Å²) in [7, 11) is 0. The Morgan fingerprint density at radius 1 is 1.35 bits per heavy atom. The minimum Gasteiger partial charge on any atom is -0.305 e. The van der Waals surface area contributed by atoms with E-state index < -0.39 is 0 Å². The lowest BCUT2D eigenvalue weighted by Crippen LogP contribution is -2.23. The third-order valence-corrected chi connectivity index (χ3v) is 5.37. The van der Waals surface area contributed by atoms with E-state index >= 15 is 0 Å². The van der Waals surface area contributed by atoms with E-state index in [4.69, 9.17) is 0 Å². The fraction of sp³-hybridized carbons (Fsp3) is 0.429. The van der Waals surface area contributed by atoms with E-state index in [2.05, 4.69) is 35.8 Å². The molecular weight excluding hydrogens is 246 g/mol. The molecule has 2 aromatic heterocycles. The van der Waals surface area contributed by atoms with Gasteiger partial charge in [0.05, 0.1) is 0 Å². The van der Waals surface area contributed by atoms with Gasteiger partial charge in [-0.3, -0.25) is 0 Å². The first-order valence-electron chi connectivity index (χ1n) is 6.18. The van der Waals surface area contributed by atoms with Gasteiger partial charge in [0, 0.05) is 27.2 Å². The van der Waals surface area contributed by atoms with Gasteiger partial charge in [0.2, 0.25) is 0 Å². The van der Waals surface area contributed by atoms with Gasteiger partial charge in [0.25, 0.3) is 0 Å². The van der Waals surface area contributed by atoms with Crippen LogP contribution in [0.5, 0.6) is 0 Å². The van der Waals surface area contributed by atoms with Crippen LogP contribution in [-0.2, 0) is 13.0 Å². The molecule has 1 nitrogen and oxygen atoms in total. The molecule has 3 rings (SSSR count). The van der Waals surface area contributed by atoms with Gasteiger partial charge < -0.3 is 5.32 Å². The maximum Gasteiger partial charge on any atom is 0.0334 e. The minimum absolute atomic E-state index is 0.576. The summed E-state index contributed by atoms with van der Waals surface area (Å²) in [5, 5.41) is 5.95. The Labute approximate surface area is 111 Å². The Bertz CT molecular complexity index is 498. The van der Waals surface area contributed by atoms with Crippen molar-refractivity contribution in [1.29, 1.82) is 0 Å². The number of thiophene rings is 2. The smallest absolute Gasteiger partial charge is 0.0334 e. The van der Waals surface area contributed by atoms with E-state index in [0.717, 1.165) is 6.54 Å². The van der Waals surface area contributed by atoms with Gasteiger partial charge in [0.1, 0.15) is 0 Å². The summed E-state index contributed by atoms with van der Waals surface area (Å²) in [4.78, 5) is 4.45. The van der Waals surface area contributed by atoms with Crippen LogP contribution < -0.4 is 5.32 Å². The molecule has 1 aliphatic carbocycles. The zero-order valence-corrected chi connectivity index (χ0v) is 11.7. The molecule has 0 bridgehead atoms. The van der Waals surface area contributed by atoms with Crippen molar-refractivity contribution >= 4 is 22.7 Å². The zero-order valence-electron chi connectivity index (χ0n) is 10.0. The number of fused-ring (bicyclic) bond motifs is 1. The molecule has 0 aliphatic heterocycles. The monoisotopic (exact) mass is 263 g/mol. The van der Waals surface area contributed by atoms with E-state index in [1.54, 1.807) is 10.4 Å². The Balaban J connectivity index is 1.67. The van der Waals surface area contributed by atoms with Crippen LogP contribution in [0.15, 0.2) is 23.6 Å². The maximum absolute atomic E-state index is 3.71. The van der Waals surface area contributed by atoms with E-state index in [9.17, 15) is 0 Å². The topological polar surface area (TPSA) is 12.0 Å². The first kappa shape index (κ1) is 11.5. The number of aryl methyl sites for hydroxylation is 2. The lowest BCUT2D eigenvalue weighted by molar-refractivity contribution is 0.465. The van der Waals surface area contributed by atoms with Gasteiger partial charge in [-0.2, -0.15) is 0 Å². The van der Waals surface area contributed by atoms with Crippen LogP contribution in [0.1, 0.15) is 39.1 Å². The van der Waals surface area contributed by atoms with Crippen LogP contribution in [0.25, 0.3) is 0 Å². The highest BCUT2D eigenvalue weighted by molar-refractivity contribution is 7.11. The van der Waals surface area contributed by atoms with Crippen molar-refractivity contribution in [2.24, 2.45) is 0 Å². The van der Waals surface area contributed by atoms with Gasteiger partial charge in [-0.05, 0) is 55.3 Å². The quantitative estimate of drug-likeness (QED) is 0.871. The normalized spacial score (nSPS) is 19.2. The molecule has 1 unspecified atom stereocenters. The molecule has 1 N–H and O–H groups in total. The fourth-order valence-electron chi connectivity index (χ4n) is 2.50. The molecule has 3 heteroatoms. The number of hydrogen-bond donors (Lipinski definition) is 1. The van der Waals surface area contributed by atoms with Crippen molar-refractivity contribution in [3.63, 3.8) is 0 Å². The highest BCUT2D eigenvalue weighted by atomic mass is 32.1. The minimum atomic E-state index is 0.576. The van der Waals surface area contributed by atoms with Crippen molar-refractivity contribution in [2.45, 2.75) is 38.8 Å². The molecule has 0 aromatic carbocycles. The van der Waals surface area contributed by atoms with Gasteiger partial charge >= 0.3 is 0 Å². The Hall–Kier alpha value is -0.640. The molecule has 0 saturated heterocycles. The lowest BCUT2D eigenvalue weighted by Gasteiger charge is -2.23. The first-order chi connectivity index (χ1) is 8.33. The Morgan fingerprint density at radius 2 is 2.29 bits per heavy atom. The Kier molecular flexibility index (Phi) is 3.32. The number of hydrogen-bond acceptors (Lipinski definition) is 3. The number of rotatable bonds is 3. The van der Waals surface area contributed by atoms with Gasteiger partial charge in [0.15, 0.2) is 0 Å². The van der Waals surface area contributed by atoms with Crippen molar-refractivity contribution in [1.82, 2.24) is 5.32 Å². The van der Waals surface area contributed by atoms with E-state index in [1.165, 1.54) is 29.0 Å². The summed E-state index contributed by atoms with van der Waals surface area (Å²) in [6.45, 7) is 3.18. The molecule has 0 radical (unpaired) electrons. The van der Waals surface area contributed by atoms with Gasteiger partial charge in [-0.15, -0.1) is 22.7 Å². The second-order valence-corrected chi connectivity index (χ2v) is 7.01. The van der Waals surface area contributed by atoms with Gasteiger partial charge in [-0.25, -0.2) is 0 Å². The maximum atomic E-state index is 3.71. The summed E-state index contributed by atoms with van der Waals surface area (Å²) in [5.41, 5.74) is 1.55. The molecule has 2 heterocycles. The summed E-state index contributed by atoms with van der Waals surface area (Å²) < 4.78 is 0. The zero-order chi connectivity index (χ0) is 11.7. The average Bonchev–Trinajstić information content (AvgIpc) is 2.94. The van der Waals surface area contributed by atoms with E-state index in [0.29, 0.717) is 6.04 Å². The van der Waals surface area contributed by atoms with Crippen molar-refractivity contribution < 1.29 is 0 Å². The SMILES string of the molecule is Cc1ccc(CNC2CCCc3sccc32)s1. The van der Waals surface area contributed by atoms with Gasteiger partial charge in [-0.1, -0.05) is 0 Å². The number of nitrogens with one attached hydrogen (secondary N) is 1. The van der Waals surface area contributed by atoms with Crippen LogP contribution in [-0.4, -0.2) is 0 Å². The van der Waals surface area contributed by atoms with Crippen LogP contribution >= 0.6 is 22.7 Å². The first-order valence-corrected chi connectivity index (χ1v) is 7.87. The summed E-state index contributed by atoms with van der Waals surface area (Å²) in [5.74, 6) is 0. The highest BCUT2D eigenvalue weighted by Gasteiger charge is 2.20. The summed E-state index contributed by atoms with van der Waals surface area (Å²) >= 11 is 3.82. The molecule has 2 aromatic rings. The largest absolute Gasteiger partial charge is 0.305 e. The molecule has 90 valence electrons. The molecular formula is C14H17NS2. The van der Waals surface area contributed by atoms with Crippen LogP contribution in [0, 0.1) is 6.92 Å². The second kappa shape index (κ2) is 4.92. The molecule has 1 atom stereocenters. The highest BCUT2D eigenvalue weighted by Crippen LogP contribution is 2.33. The van der Waals surface area contributed by atoms with E-state index in [1.807, 2.05) is 22.7 Å². The van der Waals surface area contributed by atoms with Crippen molar-refractivity contribution in [2.75, 3.05) is 0 Å². The predicted octanol–water partition coefficient (Wildman–Crippen LogP) is 4.29. The molecule has 0 amide bonds. The van der Waals surface area contributed by atoms with Crippen LogP contribution in [0.2, 0.25) is 0 Å². The molecule has 1 aliphatic rings. The second-order valence-electron chi connectivity index (χ2n) is 4.64. The molecule has 0 saturated carbocycles. The summed E-state index contributed by atoms with van der Waals surface area (Å²) in [6.07, 6.45) is 3.89. The lowest BCUT2D eigenvalue weighted by atomic mass is 9.94. The van der Waals surface area contributed by atoms with Crippen molar-refractivity contribution in [3.8, 4) is 0 Å².